The number of hydrogen-bond acceptors (Lipinski definition) is 3. The van der Waals surface area contributed by atoms with Gasteiger partial charge in [-0.05, 0) is 25.3 Å². The highest BCUT2D eigenvalue weighted by molar-refractivity contribution is 5.82. The van der Waals surface area contributed by atoms with Crippen LogP contribution >= 0.6 is 0 Å². The van der Waals surface area contributed by atoms with E-state index in [2.05, 4.69) is 10.6 Å². The molecule has 0 aromatic heterocycles. The summed E-state index contributed by atoms with van der Waals surface area (Å²) in [5.41, 5.74) is 0. The van der Waals surface area contributed by atoms with E-state index < -0.39 is 0 Å². The van der Waals surface area contributed by atoms with Gasteiger partial charge < -0.3 is 15.7 Å². The lowest BCUT2D eigenvalue weighted by Gasteiger charge is -2.22. The normalized spacial score (nSPS) is 23.9. The molecule has 2 atom stereocenters. The minimum Gasteiger partial charge on any atom is -0.394 e. The Bertz CT molecular complexity index is 189. The highest BCUT2D eigenvalue weighted by Crippen LogP contribution is 2.07. The molecule has 4 heteroatoms. The Labute approximate surface area is 85.1 Å². The quantitative estimate of drug-likeness (QED) is 0.592. The average Bonchev–Trinajstić information content (AvgIpc) is 2.65. The Morgan fingerprint density at radius 1 is 1.64 bits per heavy atom. The lowest BCUT2D eigenvalue weighted by Crippen LogP contribution is -2.48. The first-order valence-electron chi connectivity index (χ1n) is 5.29. The van der Waals surface area contributed by atoms with Crippen molar-refractivity contribution in [2.24, 2.45) is 5.92 Å². The lowest BCUT2D eigenvalue weighted by molar-refractivity contribution is -0.124. The van der Waals surface area contributed by atoms with Gasteiger partial charge in [0.15, 0.2) is 0 Å². The van der Waals surface area contributed by atoms with Crippen LogP contribution in [0.2, 0.25) is 0 Å². The van der Waals surface area contributed by atoms with Crippen LogP contribution in [-0.2, 0) is 4.79 Å². The Kier molecular flexibility index (Phi) is 4.35. The van der Waals surface area contributed by atoms with Crippen molar-refractivity contribution in [2.45, 2.75) is 38.8 Å². The molecule has 0 aliphatic carbocycles. The predicted molar refractivity (Wildman–Crippen MR) is 54.9 cm³/mol. The number of aliphatic hydroxyl groups is 1. The third-order valence-electron chi connectivity index (χ3n) is 2.71. The van der Waals surface area contributed by atoms with Gasteiger partial charge in [0.1, 0.15) is 0 Å². The Morgan fingerprint density at radius 2 is 2.36 bits per heavy atom. The standard InChI is InChI=1S/C10H20N2O2/c1-7(2)9(6-13)12-10(14)8-4-3-5-11-8/h7-9,11,13H,3-6H2,1-2H3,(H,12,14)/t8-,9-/m0/s1. The van der Waals surface area contributed by atoms with Gasteiger partial charge >= 0.3 is 0 Å². The second-order valence-electron chi connectivity index (χ2n) is 4.19. The van der Waals surface area contributed by atoms with Crippen molar-refractivity contribution in [3.63, 3.8) is 0 Å². The number of carbonyl (C=O) groups excluding carboxylic acids is 1. The van der Waals surface area contributed by atoms with Crippen LogP contribution in [0.3, 0.4) is 0 Å². The smallest absolute Gasteiger partial charge is 0.237 e. The van der Waals surface area contributed by atoms with Crippen molar-refractivity contribution in [1.82, 2.24) is 10.6 Å². The molecule has 1 fully saturated rings. The monoisotopic (exact) mass is 200 g/mol. The van der Waals surface area contributed by atoms with Crippen molar-refractivity contribution in [3.05, 3.63) is 0 Å². The van der Waals surface area contributed by atoms with Crippen LogP contribution in [0.5, 0.6) is 0 Å². The third-order valence-corrected chi connectivity index (χ3v) is 2.71. The van der Waals surface area contributed by atoms with Crippen molar-refractivity contribution >= 4 is 5.91 Å². The fourth-order valence-electron chi connectivity index (χ4n) is 1.61. The zero-order valence-electron chi connectivity index (χ0n) is 8.92. The van der Waals surface area contributed by atoms with E-state index in [9.17, 15) is 4.79 Å². The predicted octanol–water partition coefficient (Wildman–Crippen LogP) is -0.128. The highest BCUT2D eigenvalue weighted by Gasteiger charge is 2.24. The number of carbonyl (C=O) groups is 1. The molecule has 14 heavy (non-hydrogen) atoms. The number of amides is 1. The molecule has 1 saturated heterocycles. The summed E-state index contributed by atoms with van der Waals surface area (Å²) in [5.74, 6) is 0.292. The minimum absolute atomic E-state index is 0.0100. The van der Waals surface area contributed by atoms with E-state index in [0.29, 0.717) is 0 Å². The summed E-state index contributed by atoms with van der Waals surface area (Å²) >= 11 is 0. The van der Waals surface area contributed by atoms with Crippen molar-refractivity contribution in [1.29, 1.82) is 0 Å². The average molecular weight is 200 g/mol. The van der Waals surface area contributed by atoms with Gasteiger partial charge in [-0.2, -0.15) is 0 Å². The second kappa shape index (κ2) is 5.32. The highest BCUT2D eigenvalue weighted by atomic mass is 16.3. The van der Waals surface area contributed by atoms with Gasteiger partial charge in [-0.1, -0.05) is 13.8 Å². The second-order valence-corrected chi connectivity index (χ2v) is 4.19. The maximum absolute atomic E-state index is 11.6. The largest absolute Gasteiger partial charge is 0.394 e. The van der Waals surface area contributed by atoms with E-state index in [4.69, 9.17) is 5.11 Å². The summed E-state index contributed by atoms with van der Waals surface area (Å²) in [4.78, 5) is 11.6. The summed E-state index contributed by atoms with van der Waals surface area (Å²) in [6.45, 7) is 4.91. The molecule has 0 saturated carbocycles. The first kappa shape index (κ1) is 11.5. The van der Waals surface area contributed by atoms with Crippen LogP contribution in [0.15, 0.2) is 0 Å². The molecule has 1 heterocycles. The van der Waals surface area contributed by atoms with Crippen LogP contribution in [0, 0.1) is 5.92 Å². The van der Waals surface area contributed by atoms with Crippen LogP contribution in [0.25, 0.3) is 0 Å². The molecule has 0 aromatic rings. The topological polar surface area (TPSA) is 61.4 Å². The molecule has 1 amide bonds. The number of hydrogen-bond donors (Lipinski definition) is 3. The third kappa shape index (κ3) is 2.96. The molecule has 82 valence electrons. The fourth-order valence-corrected chi connectivity index (χ4v) is 1.61. The molecule has 1 aliphatic heterocycles. The maximum Gasteiger partial charge on any atom is 0.237 e. The Morgan fingerprint density at radius 3 is 2.79 bits per heavy atom. The first-order chi connectivity index (χ1) is 6.65. The summed E-state index contributed by atoms with van der Waals surface area (Å²) in [6, 6.07) is -0.173. The molecular weight excluding hydrogens is 180 g/mol. The Hall–Kier alpha value is -0.610. The van der Waals surface area contributed by atoms with E-state index in [1.165, 1.54) is 0 Å². The van der Waals surface area contributed by atoms with Crippen LogP contribution in [0.1, 0.15) is 26.7 Å². The molecule has 0 aromatic carbocycles. The molecule has 0 spiro atoms. The summed E-state index contributed by atoms with van der Waals surface area (Å²) in [7, 11) is 0. The summed E-state index contributed by atoms with van der Waals surface area (Å²) in [5, 5.41) is 15.0. The molecular formula is C10H20N2O2. The number of nitrogens with one attached hydrogen (secondary N) is 2. The molecule has 4 nitrogen and oxygen atoms in total. The summed E-state index contributed by atoms with van der Waals surface area (Å²) in [6.07, 6.45) is 1.96. The fraction of sp³-hybridized carbons (Fsp3) is 0.900. The number of rotatable bonds is 4. The van der Waals surface area contributed by atoms with Gasteiger partial charge in [-0.15, -0.1) is 0 Å². The zero-order chi connectivity index (χ0) is 10.6. The van der Waals surface area contributed by atoms with E-state index in [1.54, 1.807) is 0 Å². The zero-order valence-corrected chi connectivity index (χ0v) is 8.92. The maximum atomic E-state index is 11.6. The molecule has 1 aliphatic rings. The van der Waals surface area contributed by atoms with Gasteiger partial charge in [-0.3, -0.25) is 4.79 Å². The molecule has 0 radical (unpaired) electrons. The molecule has 0 unspecified atom stereocenters. The molecule has 0 bridgehead atoms. The SMILES string of the molecule is CC(C)[C@H](CO)NC(=O)[C@@H]1CCCN1. The minimum atomic E-state index is -0.120. The number of aliphatic hydroxyl groups excluding tert-OH is 1. The first-order valence-corrected chi connectivity index (χ1v) is 5.29. The van der Waals surface area contributed by atoms with E-state index in [0.717, 1.165) is 19.4 Å². The van der Waals surface area contributed by atoms with Gasteiger partial charge in [0, 0.05) is 0 Å². The lowest BCUT2D eigenvalue weighted by atomic mass is 10.0. The Balaban J connectivity index is 2.37. The van der Waals surface area contributed by atoms with Gasteiger partial charge in [0.2, 0.25) is 5.91 Å². The van der Waals surface area contributed by atoms with Crippen molar-refractivity contribution in [2.75, 3.05) is 13.2 Å². The van der Waals surface area contributed by atoms with Crippen LogP contribution in [0.4, 0.5) is 0 Å². The van der Waals surface area contributed by atoms with E-state index >= 15 is 0 Å². The van der Waals surface area contributed by atoms with Crippen molar-refractivity contribution < 1.29 is 9.90 Å². The van der Waals surface area contributed by atoms with Gasteiger partial charge in [0.05, 0.1) is 18.7 Å². The van der Waals surface area contributed by atoms with E-state index in [1.807, 2.05) is 13.8 Å². The molecule has 1 rings (SSSR count). The molecule has 3 N–H and O–H groups in total. The van der Waals surface area contributed by atoms with Crippen LogP contribution < -0.4 is 10.6 Å². The van der Waals surface area contributed by atoms with Gasteiger partial charge in [-0.25, -0.2) is 0 Å². The van der Waals surface area contributed by atoms with Gasteiger partial charge in [0.25, 0.3) is 0 Å². The van der Waals surface area contributed by atoms with E-state index in [-0.39, 0.29) is 30.5 Å². The summed E-state index contributed by atoms with van der Waals surface area (Å²) < 4.78 is 0. The van der Waals surface area contributed by atoms with Crippen molar-refractivity contribution in [3.8, 4) is 0 Å². The van der Waals surface area contributed by atoms with Crippen LogP contribution in [-0.4, -0.2) is 36.2 Å².